The molecule has 0 saturated carbocycles. The van der Waals surface area contributed by atoms with Crippen molar-refractivity contribution >= 4 is 28.9 Å². The Morgan fingerprint density at radius 1 is 1.13 bits per heavy atom. The van der Waals surface area contributed by atoms with E-state index in [0.29, 0.717) is 18.0 Å². The molecule has 0 aliphatic heterocycles. The third-order valence-electron chi connectivity index (χ3n) is 3.50. The van der Waals surface area contributed by atoms with E-state index in [1.54, 1.807) is 19.2 Å². The average molecular weight is 333 g/mol. The van der Waals surface area contributed by atoms with Crippen LogP contribution in [0.5, 0.6) is 5.75 Å². The Morgan fingerprint density at radius 3 is 2.65 bits per heavy atom. The lowest BCUT2D eigenvalue weighted by molar-refractivity contribution is -0.115. The van der Waals surface area contributed by atoms with Gasteiger partial charge in [-0.25, -0.2) is 0 Å². The summed E-state index contributed by atoms with van der Waals surface area (Å²) in [4.78, 5) is 12.1. The summed E-state index contributed by atoms with van der Waals surface area (Å²) in [5.74, 6) is 0.705. The molecule has 0 bridgehead atoms. The fourth-order valence-electron chi connectivity index (χ4n) is 2.21. The van der Waals surface area contributed by atoms with E-state index in [-0.39, 0.29) is 5.91 Å². The topological polar surface area (TPSA) is 50.4 Å². The molecule has 23 heavy (non-hydrogen) atoms. The van der Waals surface area contributed by atoms with E-state index in [0.717, 1.165) is 28.3 Å². The average Bonchev–Trinajstić information content (AvgIpc) is 2.51. The van der Waals surface area contributed by atoms with Gasteiger partial charge in [0, 0.05) is 23.7 Å². The highest BCUT2D eigenvalue weighted by Gasteiger charge is 2.07. The maximum Gasteiger partial charge on any atom is 0.226 e. The van der Waals surface area contributed by atoms with Crippen LogP contribution in [0.1, 0.15) is 17.5 Å². The van der Waals surface area contributed by atoms with Crippen LogP contribution in [-0.4, -0.2) is 19.6 Å². The monoisotopic (exact) mass is 332 g/mol. The maximum atomic E-state index is 12.1. The Kier molecular flexibility index (Phi) is 5.88. The first kappa shape index (κ1) is 17.2. The lowest BCUT2D eigenvalue weighted by Gasteiger charge is -2.12. The fourth-order valence-corrected chi connectivity index (χ4v) is 2.38. The number of nitrogens with one attached hydrogen (secondary N) is 2. The van der Waals surface area contributed by atoms with Crippen LogP contribution in [0.25, 0.3) is 0 Å². The van der Waals surface area contributed by atoms with Gasteiger partial charge in [-0.3, -0.25) is 4.79 Å². The molecule has 0 aliphatic carbocycles. The molecule has 1 amide bonds. The molecule has 0 aromatic heterocycles. The third kappa shape index (κ3) is 4.89. The molecular weight excluding hydrogens is 312 g/mol. The minimum absolute atomic E-state index is 0.0607. The molecule has 0 atom stereocenters. The van der Waals surface area contributed by atoms with Gasteiger partial charge >= 0.3 is 0 Å². The smallest absolute Gasteiger partial charge is 0.226 e. The van der Waals surface area contributed by atoms with Gasteiger partial charge in [0.25, 0.3) is 0 Å². The van der Waals surface area contributed by atoms with Crippen LogP contribution < -0.4 is 15.4 Å². The van der Waals surface area contributed by atoms with E-state index in [9.17, 15) is 4.79 Å². The summed E-state index contributed by atoms with van der Waals surface area (Å²) in [6.45, 7) is 4.46. The van der Waals surface area contributed by atoms with Crippen LogP contribution in [-0.2, 0) is 4.79 Å². The van der Waals surface area contributed by atoms with Crippen LogP contribution >= 0.6 is 11.6 Å². The van der Waals surface area contributed by atoms with Gasteiger partial charge in [0.1, 0.15) is 5.75 Å². The molecular formula is C18H21ClN2O2. The second kappa shape index (κ2) is 7.88. The van der Waals surface area contributed by atoms with Crippen LogP contribution in [0, 0.1) is 13.8 Å². The number of hydrogen-bond acceptors (Lipinski definition) is 3. The number of ether oxygens (including phenoxy) is 1. The molecule has 0 spiro atoms. The van der Waals surface area contributed by atoms with Crippen molar-refractivity contribution in [1.29, 1.82) is 0 Å². The van der Waals surface area contributed by atoms with Crippen molar-refractivity contribution in [3.8, 4) is 5.75 Å². The highest BCUT2D eigenvalue weighted by molar-refractivity contribution is 6.31. The second-order valence-corrected chi connectivity index (χ2v) is 5.82. The molecule has 2 aromatic rings. The first-order chi connectivity index (χ1) is 11.0. The van der Waals surface area contributed by atoms with E-state index < -0.39 is 0 Å². The van der Waals surface area contributed by atoms with E-state index in [1.807, 2.05) is 38.1 Å². The minimum atomic E-state index is -0.0607. The number of amides is 1. The van der Waals surface area contributed by atoms with Crippen molar-refractivity contribution < 1.29 is 9.53 Å². The second-order valence-electron chi connectivity index (χ2n) is 5.39. The molecule has 0 heterocycles. The van der Waals surface area contributed by atoms with Crippen molar-refractivity contribution in [2.24, 2.45) is 0 Å². The Bertz CT molecular complexity index is 701. The van der Waals surface area contributed by atoms with Crippen molar-refractivity contribution in [2.45, 2.75) is 20.3 Å². The lowest BCUT2D eigenvalue weighted by Crippen LogP contribution is -2.17. The van der Waals surface area contributed by atoms with Gasteiger partial charge < -0.3 is 15.4 Å². The maximum absolute atomic E-state index is 12.1. The first-order valence-electron chi connectivity index (χ1n) is 7.44. The van der Waals surface area contributed by atoms with E-state index in [2.05, 4.69) is 10.6 Å². The molecule has 0 fully saturated rings. The number of carbonyl (C=O) groups excluding carboxylic acids is 1. The number of halogens is 1. The number of rotatable bonds is 6. The van der Waals surface area contributed by atoms with Crippen LogP contribution in [0.15, 0.2) is 36.4 Å². The van der Waals surface area contributed by atoms with Crippen molar-refractivity contribution in [3.63, 3.8) is 0 Å². The first-order valence-corrected chi connectivity index (χ1v) is 7.82. The van der Waals surface area contributed by atoms with Gasteiger partial charge in [-0.1, -0.05) is 23.7 Å². The normalized spacial score (nSPS) is 10.3. The van der Waals surface area contributed by atoms with E-state index in [1.165, 1.54) is 0 Å². The van der Waals surface area contributed by atoms with Gasteiger partial charge in [-0.15, -0.1) is 0 Å². The van der Waals surface area contributed by atoms with Crippen LogP contribution in [0.3, 0.4) is 0 Å². The summed E-state index contributed by atoms with van der Waals surface area (Å²) in [5.41, 5.74) is 3.75. The largest absolute Gasteiger partial charge is 0.495 e. The van der Waals surface area contributed by atoms with Gasteiger partial charge in [-0.05, 0) is 49.2 Å². The Labute approximate surface area is 141 Å². The number of anilines is 2. The van der Waals surface area contributed by atoms with Crippen molar-refractivity contribution in [2.75, 3.05) is 24.3 Å². The highest BCUT2D eigenvalue weighted by atomic mass is 35.5. The molecule has 0 unspecified atom stereocenters. The lowest BCUT2D eigenvalue weighted by atomic mass is 10.2. The Morgan fingerprint density at radius 2 is 1.91 bits per heavy atom. The fraction of sp³-hybridized carbons (Fsp3) is 0.278. The minimum Gasteiger partial charge on any atom is -0.495 e. The molecule has 5 heteroatoms. The SMILES string of the molecule is COc1ccc(C)cc1NCCC(=O)Nc1cc(Cl)ccc1C. The standard InChI is InChI=1S/C18H21ClN2O2/c1-12-4-7-17(23-3)16(10-12)20-9-8-18(22)21-15-11-14(19)6-5-13(15)2/h4-7,10-11,20H,8-9H2,1-3H3,(H,21,22). The Balaban J connectivity index is 1.90. The molecule has 0 radical (unpaired) electrons. The predicted octanol–water partition coefficient (Wildman–Crippen LogP) is 4.41. The van der Waals surface area contributed by atoms with E-state index >= 15 is 0 Å². The number of aryl methyl sites for hydroxylation is 2. The summed E-state index contributed by atoms with van der Waals surface area (Å²) < 4.78 is 5.30. The molecule has 0 aliphatic rings. The zero-order chi connectivity index (χ0) is 16.8. The number of benzene rings is 2. The predicted molar refractivity (Wildman–Crippen MR) is 95.7 cm³/mol. The van der Waals surface area contributed by atoms with Crippen LogP contribution in [0.4, 0.5) is 11.4 Å². The van der Waals surface area contributed by atoms with Gasteiger partial charge in [0.2, 0.25) is 5.91 Å². The highest BCUT2D eigenvalue weighted by Crippen LogP contribution is 2.25. The Hall–Kier alpha value is -2.20. The number of hydrogen-bond donors (Lipinski definition) is 2. The zero-order valence-electron chi connectivity index (χ0n) is 13.6. The quantitative estimate of drug-likeness (QED) is 0.824. The van der Waals surface area contributed by atoms with Gasteiger partial charge in [-0.2, -0.15) is 0 Å². The molecule has 4 nitrogen and oxygen atoms in total. The van der Waals surface area contributed by atoms with E-state index in [4.69, 9.17) is 16.3 Å². The van der Waals surface area contributed by atoms with Crippen molar-refractivity contribution in [3.05, 3.63) is 52.5 Å². The summed E-state index contributed by atoms with van der Waals surface area (Å²) in [5, 5.41) is 6.72. The molecule has 2 aromatic carbocycles. The number of methoxy groups -OCH3 is 1. The molecule has 2 N–H and O–H groups in total. The summed E-state index contributed by atoms with van der Waals surface area (Å²) >= 11 is 5.96. The summed E-state index contributed by atoms with van der Waals surface area (Å²) in [7, 11) is 1.63. The van der Waals surface area contributed by atoms with Crippen molar-refractivity contribution in [1.82, 2.24) is 0 Å². The van der Waals surface area contributed by atoms with Crippen LogP contribution in [0.2, 0.25) is 5.02 Å². The molecule has 0 saturated heterocycles. The third-order valence-corrected chi connectivity index (χ3v) is 3.73. The molecule has 122 valence electrons. The zero-order valence-corrected chi connectivity index (χ0v) is 14.3. The van der Waals surface area contributed by atoms with Gasteiger partial charge in [0.05, 0.1) is 12.8 Å². The molecule has 2 rings (SSSR count). The summed E-state index contributed by atoms with van der Waals surface area (Å²) in [6, 6.07) is 11.3. The van der Waals surface area contributed by atoms with Gasteiger partial charge in [0.15, 0.2) is 0 Å². The number of carbonyl (C=O) groups is 1. The summed E-state index contributed by atoms with van der Waals surface area (Å²) in [6.07, 6.45) is 0.350.